The van der Waals surface area contributed by atoms with Crippen LogP contribution in [-0.4, -0.2) is 10.9 Å². The first-order chi connectivity index (χ1) is 9.22. The third kappa shape index (κ3) is 2.93. The van der Waals surface area contributed by atoms with Gasteiger partial charge in [-0.2, -0.15) is 10.5 Å². The van der Waals surface area contributed by atoms with Gasteiger partial charge >= 0.3 is 0 Å². The monoisotopic (exact) mass is 248 g/mol. The minimum atomic E-state index is -0.375. The second-order valence-corrected chi connectivity index (χ2v) is 3.69. The molecule has 0 unspecified atom stereocenters. The number of benzene rings is 1. The van der Waals surface area contributed by atoms with Gasteiger partial charge in [-0.05, 0) is 30.3 Å². The van der Waals surface area contributed by atoms with Gasteiger partial charge in [0.25, 0.3) is 5.91 Å². The standard InChI is InChI=1S/C14H8N4O/c15-8-10-2-1-3-12(6-10)14(19)18-13-7-11(9-16)4-5-17-13/h1-7H,(H,17,18,19). The third-order valence-electron chi connectivity index (χ3n) is 2.38. The molecule has 0 aliphatic heterocycles. The van der Waals surface area contributed by atoms with Crippen molar-refractivity contribution in [2.45, 2.75) is 0 Å². The van der Waals surface area contributed by atoms with Crippen LogP contribution in [0.1, 0.15) is 21.5 Å². The number of carbonyl (C=O) groups excluding carboxylic acids is 1. The molecule has 5 heteroatoms. The molecule has 0 aliphatic carbocycles. The summed E-state index contributed by atoms with van der Waals surface area (Å²) in [6.45, 7) is 0. The van der Waals surface area contributed by atoms with Crippen LogP contribution in [0, 0.1) is 22.7 Å². The molecule has 90 valence electrons. The topological polar surface area (TPSA) is 89.6 Å². The highest BCUT2D eigenvalue weighted by Crippen LogP contribution is 2.09. The number of hydrogen-bond acceptors (Lipinski definition) is 4. The summed E-state index contributed by atoms with van der Waals surface area (Å²) in [4.78, 5) is 15.9. The fourth-order valence-corrected chi connectivity index (χ4v) is 1.49. The zero-order valence-electron chi connectivity index (χ0n) is 9.79. The van der Waals surface area contributed by atoms with Crippen molar-refractivity contribution in [2.75, 3.05) is 5.32 Å². The van der Waals surface area contributed by atoms with Crippen molar-refractivity contribution >= 4 is 11.7 Å². The average molecular weight is 248 g/mol. The molecule has 5 nitrogen and oxygen atoms in total. The Kier molecular flexibility index (Phi) is 3.51. The van der Waals surface area contributed by atoms with Crippen molar-refractivity contribution in [3.8, 4) is 12.1 Å². The van der Waals surface area contributed by atoms with Crippen LogP contribution < -0.4 is 5.32 Å². The molecule has 1 aromatic carbocycles. The highest BCUT2D eigenvalue weighted by molar-refractivity contribution is 6.04. The number of hydrogen-bond donors (Lipinski definition) is 1. The van der Waals surface area contributed by atoms with Crippen molar-refractivity contribution in [1.82, 2.24) is 4.98 Å². The van der Waals surface area contributed by atoms with Crippen LogP contribution >= 0.6 is 0 Å². The van der Waals surface area contributed by atoms with Gasteiger partial charge in [0.1, 0.15) is 5.82 Å². The number of nitriles is 2. The molecule has 0 fully saturated rings. The molecule has 1 heterocycles. The zero-order valence-corrected chi connectivity index (χ0v) is 9.79. The van der Waals surface area contributed by atoms with Crippen molar-refractivity contribution in [1.29, 1.82) is 10.5 Å². The number of pyridine rings is 1. The predicted octanol–water partition coefficient (Wildman–Crippen LogP) is 2.08. The van der Waals surface area contributed by atoms with Crippen molar-refractivity contribution in [3.63, 3.8) is 0 Å². The molecule has 2 rings (SSSR count). The van der Waals surface area contributed by atoms with Gasteiger partial charge < -0.3 is 5.32 Å². The fourth-order valence-electron chi connectivity index (χ4n) is 1.49. The average Bonchev–Trinajstić information content (AvgIpc) is 2.47. The van der Waals surface area contributed by atoms with Gasteiger partial charge in [-0.3, -0.25) is 4.79 Å². The summed E-state index contributed by atoms with van der Waals surface area (Å²) in [5.41, 5.74) is 1.19. The molecular formula is C14H8N4O. The van der Waals surface area contributed by atoms with E-state index in [4.69, 9.17) is 10.5 Å². The Bertz CT molecular complexity index is 710. The molecule has 1 aromatic heterocycles. The van der Waals surface area contributed by atoms with E-state index in [1.54, 1.807) is 24.3 Å². The molecule has 0 saturated heterocycles. The van der Waals surface area contributed by atoms with Crippen LogP contribution in [0.5, 0.6) is 0 Å². The lowest BCUT2D eigenvalue weighted by Crippen LogP contribution is -2.13. The molecule has 2 aromatic rings. The number of nitrogens with one attached hydrogen (secondary N) is 1. The van der Waals surface area contributed by atoms with Gasteiger partial charge in [-0.15, -0.1) is 0 Å². The third-order valence-corrected chi connectivity index (χ3v) is 2.38. The Morgan fingerprint density at radius 2 is 1.84 bits per heavy atom. The summed E-state index contributed by atoms with van der Waals surface area (Å²) in [5.74, 6) is -0.0777. The van der Waals surface area contributed by atoms with Gasteiger partial charge in [0, 0.05) is 11.8 Å². The highest BCUT2D eigenvalue weighted by atomic mass is 16.1. The van der Waals surface area contributed by atoms with E-state index in [0.717, 1.165) is 0 Å². The summed E-state index contributed by atoms with van der Waals surface area (Å²) in [5, 5.41) is 20.1. The van der Waals surface area contributed by atoms with E-state index in [-0.39, 0.29) is 5.91 Å². The number of nitrogens with zero attached hydrogens (tertiary/aromatic N) is 3. The normalized spacial score (nSPS) is 9.16. The molecule has 0 atom stereocenters. The lowest BCUT2D eigenvalue weighted by Gasteiger charge is -2.04. The molecule has 0 saturated carbocycles. The maximum atomic E-state index is 11.9. The highest BCUT2D eigenvalue weighted by Gasteiger charge is 2.07. The molecule has 0 radical (unpaired) electrons. The molecule has 1 N–H and O–H groups in total. The maximum Gasteiger partial charge on any atom is 0.256 e. The van der Waals surface area contributed by atoms with Crippen LogP contribution in [0.4, 0.5) is 5.82 Å². The summed E-state index contributed by atoms with van der Waals surface area (Å²) in [6.07, 6.45) is 1.44. The van der Waals surface area contributed by atoms with E-state index in [9.17, 15) is 4.79 Å². The summed E-state index contributed by atoms with van der Waals surface area (Å²) < 4.78 is 0. The van der Waals surface area contributed by atoms with Crippen molar-refractivity contribution < 1.29 is 4.79 Å². The molecule has 0 bridgehead atoms. The first kappa shape index (κ1) is 12.3. The molecule has 0 spiro atoms. The number of amides is 1. The smallest absolute Gasteiger partial charge is 0.256 e. The SMILES string of the molecule is N#Cc1cccc(C(=O)Nc2cc(C#N)ccn2)c1. The van der Waals surface area contributed by atoms with E-state index in [0.29, 0.717) is 22.5 Å². The lowest BCUT2D eigenvalue weighted by atomic mass is 10.1. The Labute approximate surface area is 109 Å². The number of rotatable bonds is 2. The number of anilines is 1. The quantitative estimate of drug-likeness (QED) is 0.880. The second-order valence-electron chi connectivity index (χ2n) is 3.69. The van der Waals surface area contributed by atoms with E-state index in [2.05, 4.69) is 10.3 Å². The Morgan fingerprint density at radius 1 is 1.11 bits per heavy atom. The minimum Gasteiger partial charge on any atom is -0.307 e. The lowest BCUT2D eigenvalue weighted by molar-refractivity contribution is 0.102. The van der Waals surface area contributed by atoms with Gasteiger partial charge in [0.15, 0.2) is 0 Å². The Hall–Kier alpha value is -3.18. The van der Waals surface area contributed by atoms with Crippen LogP contribution in [0.25, 0.3) is 0 Å². The summed E-state index contributed by atoms with van der Waals surface area (Å²) >= 11 is 0. The van der Waals surface area contributed by atoms with E-state index in [1.807, 2.05) is 12.1 Å². The molecular weight excluding hydrogens is 240 g/mol. The van der Waals surface area contributed by atoms with E-state index in [1.165, 1.54) is 18.3 Å². The fraction of sp³-hybridized carbons (Fsp3) is 0. The maximum absolute atomic E-state index is 11.9. The van der Waals surface area contributed by atoms with Gasteiger partial charge in [0.2, 0.25) is 0 Å². The second kappa shape index (κ2) is 5.44. The molecule has 19 heavy (non-hydrogen) atoms. The van der Waals surface area contributed by atoms with Crippen LogP contribution in [0.3, 0.4) is 0 Å². The first-order valence-corrected chi connectivity index (χ1v) is 5.40. The summed E-state index contributed by atoms with van der Waals surface area (Å²) in [7, 11) is 0. The molecule has 1 amide bonds. The van der Waals surface area contributed by atoms with Crippen LogP contribution in [0.15, 0.2) is 42.6 Å². The first-order valence-electron chi connectivity index (χ1n) is 5.40. The predicted molar refractivity (Wildman–Crippen MR) is 68.1 cm³/mol. The number of carbonyl (C=O) groups is 1. The Morgan fingerprint density at radius 3 is 2.58 bits per heavy atom. The van der Waals surface area contributed by atoms with Crippen LogP contribution in [-0.2, 0) is 0 Å². The Balaban J connectivity index is 2.21. The van der Waals surface area contributed by atoms with E-state index >= 15 is 0 Å². The van der Waals surface area contributed by atoms with Gasteiger partial charge in [-0.1, -0.05) is 6.07 Å². The van der Waals surface area contributed by atoms with E-state index < -0.39 is 0 Å². The molecule has 0 aliphatic rings. The van der Waals surface area contributed by atoms with Crippen molar-refractivity contribution in [2.24, 2.45) is 0 Å². The number of aromatic nitrogens is 1. The largest absolute Gasteiger partial charge is 0.307 e. The van der Waals surface area contributed by atoms with Crippen LogP contribution in [0.2, 0.25) is 0 Å². The summed E-state index contributed by atoms with van der Waals surface area (Å²) in [6, 6.07) is 13.3. The van der Waals surface area contributed by atoms with Gasteiger partial charge in [-0.25, -0.2) is 4.98 Å². The van der Waals surface area contributed by atoms with Gasteiger partial charge in [0.05, 0.1) is 23.3 Å². The minimum absolute atomic E-state index is 0.298. The zero-order chi connectivity index (χ0) is 13.7. The van der Waals surface area contributed by atoms with Crippen molar-refractivity contribution in [3.05, 3.63) is 59.3 Å².